The summed E-state index contributed by atoms with van der Waals surface area (Å²) in [5, 5.41) is 13.1. The highest BCUT2D eigenvalue weighted by atomic mass is 16.3. The van der Waals surface area contributed by atoms with Crippen molar-refractivity contribution in [2.75, 3.05) is 0 Å². The zero-order valence-corrected chi connectivity index (χ0v) is 13.1. The molecule has 3 unspecified atom stereocenters. The molecule has 0 aliphatic rings. The van der Waals surface area contributed by atoms with Crippen LogP contribution in [0.15, 0.2) is 60.7 Å². The molecule has 4 N–H and O–H groups in total. The first-order valence-corrected chi connectivity index (χ1v) is 7.94. The van der Waals surface area contributed by atoms with Crippen LogP contribution in [0.3, 0.4) is 0 Å². The molecular formula is C19H24N2O2. The number of hydrogen-bond acceptors (Lipinski definition) is 3. The summed E-state index contributed by atoms with van der Waals surface area (Å²) in [6, 6.07) is 18.7. The van der Waals surface area contributed by atoms with E-state index in [-0.39, 0.29) is 6.04 Å². The highest BCUT2D eigenvalue weighted by Gasteiger charge is 2.25. The molecule has 0 bridgehead atoms. The molecule has 0 aliphatic heterocycles. The number of carbonyl (C=O) groups is 1. The lowest BCUT2D eigenvalue weighted by Gasteiger charge is -2.28. The van der Waals surface area contributed by atoms with Gasteiger partial charge in [-0.25, -0.2) is 0 Å². The van der Waals surface area contributed by atoms with Crippen LogP contribution in [0.4, 0.5) is 0 Å². The molecule has 0 radical (unpaired) electrons. The molecule has 2 rings (SSSR count). The third-order valence-electron chi connectivity index (χ3n) is 4.04. The summed E-state index contributed by atoms with van der Waals surface area (Å²) in [4.78, 5) is 10.9. The van der Waals surface area contributed by atoms with Crippen molar-refractivity contribution in [2.45, 2.75) is 37.5 Å². The third kappa shape index (κ3) is 5.20. The Bertz CT molecular complexity index is 574. The average Bonchev–Trinajstić information content (AvgIpc) is 2.60. The van der Waals surface area contributed by atoms with Crippen LogP contribution in [0.1, 0.15) is 30.0 Å². The molecule has 0 heterocycles. The lowest BCUT2D eigenvalue weighted by atomic mass is 9.93. The molecule has 0 aromatic heterocycles. The number of rotatable bonds is 9. The van der Waals surface area contributed by atoms with E-state index in [1.165, 1.54) is 5.56 Å². The second-order valence-electron chi connectivity index (χ2n) is 5.70. The Kier molecular flexibility index (Phi) is 6.78. The van der Waals surface area contributed by atoms with Crippen molar-refractivity contribution in [3.63, 3.8) is 0 Å². The van der Waals surface area contributed by atoms with Crippen molar-refractivity contribution in [3.05, 3.63) is 71.8 Å². The minimum atomic E-state index is -0.670. The molecule has 0 saturated heterocycles. The molecule has 23 heavy (non-hydrogen) atoms. The first-order chi connectivity index (χ1) is 11.2. The minimum Gasteiger partial charge on any atom is -0.391 e. The van der Waals surface area contributed by atoms with Gasteiger partial charge >= 0.3 is 0 Å². The zero-order valence-electron chi connectivity index (χ0n) is 13.1. The molecule has 1 amide bonds. The smallest absolute Gasteiger partial charge is 0.207 e. The van der Waals surface area contributed by atoms with E-state index < -0.39 is 12.1 Å². The number of nitrogens with two attached hydrogens (primary N) is 1. The van der Waals surface area contributed by atoms with Gasteiger partial charge in [0.1, 0.15) is 0 Å². The van der Waals surface area contributed by atoms with Gasteiger partial charge in [-0.3, -0.25) is 4.79 Å². The van der Waals surface area contributed by atoms with Crippen LogP contribution >= 0.6 is 0 Å². The van der Waals surface area contributed by atoms with Gasteiger partial charge in [0.05, 0.1) is 18.2 Å². The number of nitrogens with one attached hydrogen (secondary N) is 1. The fraction of sp³-hybridized carbons (Fsp3) is 0.316. The van der Waals surface area contributed by atoms with Crippen LogP contribution in [0.2, 0.25) is 0 Å². The summed E-state index contributed by atoms with van der Waals surface area (Å²) >= 11 is 0. The number of aliphatic hydroxyl groups is 1. The number of hydrogen-bond donors (Lipinski definition) is 3. The van der Waals surface area contributed by atoms with Gasteiger partial charge in [-0.2, -0.15) is 0 Å². The van der Waals surface area contributed by atoms with Crippen LogP contribution in [0.5, 0.6) is 0 Å². The van der Waals surface area contributed by atoms with Gasteiger partial charge in [0.15, 0.2) is 0 Å². The van der Waals surface area contributed by atoms with Crippen molar-refractivity contribution in [2.24, 2.45) is 5.73 Å². The maximum absolute atomic E-state index is 10.9. The summed E-state index contributed by atoms with van der Waals surface area (Å²) < 4.78 is 0. The van der Waals surface area contributed by atoms with Crippen molar-refractivity contribution in [3.8, 4) is 0 Å². The average molecular weight is 312 g/mol. The summed E-state index contributed by atoms with van der Waals surface area (Å²) in [5.41, 5.74) is 8.33. The second kappa shape index (κ2) is 9.08. The van der Waals surface area contributed by atoms with Crippen LogP contribution < -0.4 is 11.1 Å². The lowest BCUT2D eigenvalue weighted by Crippen LogP contribution is -2.45. The Balaban J connectivity index is 1.91. The normalized spacial score (nSPS) is 14.7. The van der Waals surface area contributed by atoms with Crippen molar-refractivity contribution >= 4 is 6.41 Å². The predicted octanol–water partition coefficient (Wildman–Crippen LogP) is 2.18. The van der Waals surface area contributed by atoms with Crippen LogP contribution in [0, 0.1) is 0 Å². The zero-order chi connectivity index (χ0) is 16.5. The van der Waals surface area contributed by atoms with E-state index in [0.29, 0.717) is 12.8 Å². The van der Waals surface area contributed by atoms with Crippen molar-refractivity contribution < 1.29 is 9.90 Å². The number of benzene rings is 2. The van der Waals surface area contributed by atoms with Gasteiger partial charge < -0.3 is 16.2 Å². The van der Waals surface area contributed by atoms with E-state index in [2.05, 4.69) is 17.4 Å². The van der Waals surface area contributed by atoms with Crippen molar-refractivity contribution in [1.29, 1.82) is 0 Å². The Morgan fingerprint density at radius 1 is 1.04 bits per heavy atom. The summed E-state index contributed by atoms with van der Waals surface area (Å²) in [7, 11) is 0. The molecular weight excluding hydrogens is 288 g/mol. The Labute approximate surface area is 137 Å². The molecule has 4 heteroatoms. The topological polar surface area (TPSA) is 75.3 Å². The molecule has 2 aromatic carbocycles. The van der Waals surface area contributed by atoms with Gasteiger partial charge in [0, 0.05) is 0 Å². The molecule has 122 valence electrons. The second-order valence-corrected chi connectivity index (χ2v) is 5.70. The standard InChI is InChI=1S/C19H24N2O2/c20-18(19(21-14-22)16-11-5-2-6-12-16)17(23)13-7-10-15-8-3-1-4-9-15/h1-6,8-9,11-12,14,17-19,23H,7,10,13,20H2,(H,21,22). The van der Waals surface area contributed by atoms with E-state index in [1.54, 1.807) is 0 Å². The number of carbonyl (C=O) groups excluding carboxylic acids is 1. The first-order valence-electron chi connectivity index (χ1n) is 7.94. The van der Waals surface area contributed by atoms with Gasteiger partial charge in [0.2, 0.25) is 6.41 Å². The maximum atomic E-state index is 10.9. The molecule has 0 fully saturated rings. The number of amides is 1. The largest absolute Gasteiger partial charge is 0.391 e. The molecule has 2 aromatic rings. The number of aryl methyl sites for hydroxylation is 1. The highest BCUT2D eigenvalue weighted by molar-refractivity contribution is 5.48. The number of aliphatic hydroxyl groups excluding tert-OH is 1. The summed E-state index contributed by atoms with van der Waals surface area (Å²) in [6.07, 6.45) is 2.31. The van der Waals surface area contributed by atoms with Gasteiger partial charge in [-0.05, 0) is 30.4 Å². The fourth-order valence-electron chi connectivity index (χ4n) is 2.74. The molecule has 4 nitrogen and oxygen atoms in total. The lowest BCUT2D eigenvalue weighted by molar-refractivity contribution is -0.110. The van der Waals surface area contributed by atoms with Crippen molar-refractivity contribution in [1.82, 2.24) is 5.32 Å². The highest BCUT2D eigenvalue weighted by Crippen LogP contribution is 2.19. The molecule has 0 saturated carbocycles. The Morgan fingerprint density at radius 2 is 1.65 bits per heavy atom. The maximum Gasteiger partial charge on any atom is 0.207 e. The summed E-state index contributed by atoms with van der Waals surface area (Å²) in [6.45, 7) is 0. The van der Waals surface area contributed by atoms with E-state index in [4.69, 9.17) is 5.73 Å². The van der Waals surface area contributed by atoms with E-state index in [1.807, 2.05) is 48.5 Å². The van der Waals surface area contributed by atoms with Gasteiger partial charge in [-0.1, -0.05) is 60.7 Å². The van der Waals surface area contributed by atoms with E-state index >= 15 is 0 Å². The van der Waals surface area contributed by atoms with Gasteiger partial charge in [-0.15, -0.1) is 0 Å². The van der Waals surface area contributed by atoms with Gasteiger partial charge in [0.25, 0.3) is 0 Å². The molecule has 0 spiro atoms. The van der Waals surface area contributed by atoms with E-state index in [9.17, 15) is 9.90 Å². The quantitative estimate of drug-likeness (QED) is 0.621. The monoisotopic (exact) mass is 312 g/mol. The SMILES string of the molecule is NC(C(O)CCCc1ccccc1)C(NC=O)c1ccccc1. The predicted molar refractivity (Wildman–Crippen MR) is 91.7 cm³/mol. The minimum absolute atomic E-state index is 0.388. The molecule has 0 aliphatic carbocycles. The molecule has 3 atom stereocenters. The Hall–Kier alpha value is -2.17. The summed E-state index contributed by atoms with van der Waals surface area (Å²) in [5.74, 6) is 0. The fourth-order valence-corrected chi connectivity index (χ4v) is 2.74. The third-order valence-corrected chi connectivity index (χ3v) is 4.04. The van der Waals surface area contributed by atoms with Crippen LogP contribution in [-0.2, 0) is 11.2 Å². The first kappa shape index (κ1) is 17.2. The Morgan fingerprint density at radius 3 is 2.26 bits per heavy atom. The van der Waals surface area contributed by atoms with E-state index in [0.717, 1.165) is 18.4 Å². The van der Waals surface area contributed by atoms with Crippen LogP contribution in [-0.4, -0.2) is 23.7 Å². The van der Waals surface area contributed by atoms with Crippen LogP contribution in [0.25, 0.3) is 0 Å².